The summed E-state index contributed by atoms with van der Waals surface area (Å²) in [7, 11) is 0. The normalized spacial score (nSPS) is 17.6. The number of piperidine rings is 1. The van der Waals surface area contributed by atoms with Crippen LogP contribution in [0.4, 0.5) is 36.6 Å². The van der Waals surface area contributed by atoms with E-state index in [0.29, 0.717) is 53.9 Å². The molecule has 4 heterocycles. The molecule has 0 spiro atoms. The van der Waals surface area contributed by atoms with Crippen LogP contribution >= 0.6 is 11.6 Å². The first-order valence-corrected chi connectivity index (χ1v) is 12.6. The van der Waals surface area contributed by atoms with Crippen LogP contribution in [-0.2, 0) is 19.3 Å². The molecule has 0 unspecified atom stereocenters. The topological polar surface area (TPSA) is 50.1 Å². The number of nitrogens with zero attached hydrogens (tertiary/aromatic N) is 6. The van der Waals surface area contributed by atoms with Crippen molar-refractivity contribution in [3.63, 3.8) is 0 Å². The lowest BCUT2D eigenvalue weighted by molar-refractivity contribution is -0.224. The van der Waals surface area contributed by atoms with Crippen LogP contribution in [0.5, 0.6) is 0 Å². The molecule has 2 aromatic heterocycles. The number of hydrogen-bond donors (Lipinski definition) is 0. The van der Waals surface area contributed by atoms with Crippen molar-refractivity contribution in [3.05, 3.63) is 64.1 Å². The average molecular weight is 577 g/mol. The van der Waals surface area contributed by atoms with Gasteiger partial charge >= 0.3 is 12.4 Å². The number of anilines is 1. The molecular formula is C25H24ClF7N6. The molecule has 39 heavy (non-hydrogen) atoms. The van der Waals surface area contributed by atoms with Crippen molar-refractivity contribution in [1.82, 2.24) is 24.6 Å². The van der Waals surface area contributed by atoms with Gasteiger partial charge in [0, 0.05) is 30.6 Å². The molecule has 210 valence electrons. The molecule has 2 aliphatic rings. The van der Waals surface area contributed by atoms with Crippen LogP contribution in [0.25, 0.3) is 5.69 Å². The molecule has 1 aromatic carbocycles. The molecule has 6 nitrogen and oxygen atoms in total. The molecule has 0 saturated carbocycles. The van der Waals surface area contributed by atoms with E-state index in [1.54, 1.807) is 27.7 Å². The molecule has 0 amide bonds. The van der Waals surface area contributed by atoms with Gasteiger partial charge in [-0.05, 0) is 62.6 Å². The van der Waals surface area contributed by atoms with E-state index in [4.69, 9.17) is 11.6 Å². The number of rotatable bonds is 3. The summed E-state index contributed by atoms with van der Waals surface area (Å²) in [6.45, 7) is 2.76. The average Bonchev–Trinajstić information content (AvgIpc) is 3.18. The second-order valence-electron chi connectivity index (χ2n) is 10.3. The first-order valence-electron chi connectivity index (χ1n) is 12.2. The minimum absolute atomic E-state index is 0.0125. The van der Waals surface area contributed by atoms with Gasteiger partial charge in [-0.2, -0.15) is 26.3 Å². The van der Waals surface area contributed by atoms with Crippen molar-refractivity contribution in [1.29, 1.82) is 0 Å². The highest BCUT2D eigenvalue weighted by molar-refractivity contribution is 6.30. The summed E-state index contributed by atoms with van der Waals surface area (Å²) in [5.74, 6) is -0.680. The number of halogens is 8. The minimum Gasteiger partial charge on any atom is -0.357 e. The third kappa shape index (κ3) is 5.06. The van der Waals surface area contributed by atoms with Crippen molar-refractivity contribution in [3.8, 4) is 5.69 Å². The van der Waals surface area contributed by atoms with Gasteiger partial charge in [0.05, 0.1) is 12.2 Å². The van der Waals surface area contributed by atoms with Crippen LogP contribution < -0.4 is 4.90 Å². The summed E-state index contributed by atoms with van der Waals surface area (Å²) in [4.78, 5) is 6.45. The fourth-order valence-electron chi connectivity index (χ4n) is 5.04. The summed E-state index contributed by atoms with van der Waals surface area (Å²) in [6.07, 6.45) is -8.47. The Labute approximate surface area is 224 Å². The van der Waals surface area contributed by atoms with Crippen LogP contribution in [0.2, 0.25) is 5.02 Å². The van der Waals surface area contributed by atoms with Gasteiger partial charge in [-0.3, -0.25) is 9.47 Å². The fraction of sp³-hybridized carbons (Fsp3) is 0.480. The lowest BCUT2D eigenvalue weighted by atomic mass is 9.95. The Hall–Kier alpha value is -2.93. The van der Waals surface area contributed by atoms with E-state index < -0.39 is 29.4 Å². The maximum Gasteiger partial charge on any atom is 0.436 e. The van der Waals surface area contributed by atoms with Crippen molar-refractivity contribution >= 4 is 17.4 Å². The van der Waals surface area contributed by atoms with E-state index in [2.05, 4.69) is 15.2 Å². The van der Waals surface area contributed by atoms with Crippen molar-refractivity contribution < 1.29 is 30.7 Å². The SMILES string of the molecule is CC(C)(N1Cc2cc(Cl)ccc2-n2c(nnc2C2CCN(c3ccc(F)c(C(F)(F)F)n3)CC2)C1)C(F)(F)F. The van der Waals surface area contributed by atoms with E-state index in [0.717, 1.165) is 19.9 Å². The van der Waals surface area contributed by atoms with E-state index in [1.807, 2.05) is 0 Å². The molecule has 0 bridgehead atoms. The Kier molecular flexibility index (Phi) is 6.81. The first-order chi connectivity index (χ1) is 18.2. The Morgan fingerprint density at radius 1 is 0.923 bits per heavy atom. The van der Waals surface area contributed by atoms with Gasteiger partial charge in [-0.25, -0.2) is 9.37 Å². The number of fused-ring (bicyclic) bond motifs is 3. The summed E-state index contributed by atoms with van der Waals surface area (Å²) in [5, 5.41) is 9.01. The van der Waals surface area contributed by atoms with Gasteiger partial charge in [-0.1, -0.05) is 11.6 Å². The minimum atomic E-state index is -4.91. The maximum absolute atomic E-state index is 14.0. The van der Waals surface area contributed by atoms with Crippen molar-refractivity contribution in [2.45, 2.75) is 63.6 Å². The zero-order chi connectivity index (χ0) is 28.3. The van der Waals surface area contributed by atoms with Crippen LogP contribution in [0.15, 0.2) is 30.3 Å². The van der Waals surface area contributed by atoms with Crippen LogP contribution in [0.3, 0.4) is 0 Å². The monoisotopic (exact) mass is 576 g/mol. The summed E-state index contributed by atoms with van der Waals surface area (Å²) in [5.41, 5.74) is -2.50. The van der Waals surface area contributed by atoms with Crippen LogP contribution in [0.1, 0.15) is 55.5 Å². The molecule has 0 radical (unpaired) electrons. The predicted molar refractivity (Wildman–Crippen MR) is 129 cm³/mol. The van der Waals surface area contributed by atoms with Crippen molar-refractivity contribution in [2.75, 3.05) is 18.0 Å². The Morgan fingerprint density at radius 3 is 2.26 bits per heavy atom. The Bertz CT molecular complexity index is 1380. The molecule has 0 aliphatic carbocycles. The Morgan fingerprint density at radius 2 is 1.62 bits per heavy atom. The highest BCUT2D eigenvalue weighted by Crippen LogP contribution is 2.41. The van der Waals surface area contributed by atoms with Gasteiger partial charge in [0.2, 0.25) is 0 Å². The summed E-state index contributed by atoms with van der Waals surface area (Å²) < 4.78 is 96.8. The number of aromatic nitrogens is 4. The highest BCUT2D eigenvalue weighted by Gasteiger charge is 2.52. The molecule has 2 aliphatic heterocycles. The number of alkyl halides is 6. The van der Waals surface area contributed by atoms with Crippen LogP contribution in [0, 0.1) is 5.82 Å². The number of pyridine rings is 1. The maximum atomic E-state index is 14.0. The smallest absolute Gasteiger partial charge is 0.357 e. The summed E-state index contributed by atoms with van der Waals surface area (Å²) >= 11 is 6.21. The van der Waals surface area contributed by atoms with E-state index in [9.17, 15) is 30.7 Å². The predicted octanol–water partition coefficient (Wildman–Crippen LogP) is 6.51. The highest BCUT2D eigenvalue weighted by atomic mass is 35.5. The van der Waals surface area contributed by atoms with Gasteiger partial charge in [0.25, 0.3) is 0 Å². The second kappa shape index (κ2) is 9.61. The van der Waals surface area contributed by atoms with Gasteiger partial charge in [0.15, 0.2) is 17.3 Å². The van der Waals surface area contributed by atoms with Gasteiger partial charge in [-0.15, -0.1) is 10.2 Å². The second-order valence-corrected chi connectivity index (χ2v) is 10.7. The van der Waals surface area contributed by atoms with E-state index in [-0.39, 0.29) is 24.8 Å². The fourth-order valence-corrected chi connectivity index (χ4v) is 5.23. The number of hydrogen-bond acceptors (Lipinski definition) is 5. The zero-order valence-electron chi connectivity index (χ0n) is 20.9. The van der Waals surface area contributed by atoms with Gasteiger partial charge < -0.3 is 4.90 Å². The third-order valence-corrected chi connectivity index (χ3v) is 7.73. The molecule has 1 fully saturated rings. The lowest BCUT2D eigenvalue weighted by Crippen LogP contribution is -2.53. The Balaban J connectivity index is 1.44. The standard InChI is InChI=1S/C25H24ClF7N6/c1-23(2,25(31,32)33)38-12-15-11-16(26)3-5-18(15)39-20(13-38)35-36-22(39)14-7-9-37(10-8-14)19-6-4-17(27)21(34-19)24(28,29)30/h3-6,11,14H,7-10,12-13H2,1-2H3. The van der Waals surface area contributed by atoms with Gasteiger partial charge in [0.1, 0.15) is 17.2 Å². The molecule has 0 N–H and O–H groups in total. The first kappa shape index (κ1) is 27.6. The zero-order valence-corrected chi connectivity index (χ0v) is 21.7. The quantitative estimate of drug-likeness (QED) is 0.333. The molecule has 3 aromatic rings. The van der Waals surface area contributed by atoms with Crippen LogP contribution in [-0.4, -0.2) is 49.5 Å². The van der Waals surface area contributed by atoms with E-state index >= 15 is 0 Å². The number of benzene rings is 1. The third-order valence-electron chi connectivity index (χ3n) is 7.50. The summed E-state index contributed by atoms with van der Waals surface area (Å²) in [6, 6.07) is 6.99. The molecule has 0 atom stereocenters. The molecular weight excluding hydrogens is 553 g/mol. The van der Waals surface area contributed by atoms with E-state index in [1.165, 1.54) is 11.0 Å². The molecule has 5 rings (SSSR count). The molecule has 1 saturated heterocycles. The molecule has 14 heteroatoms. The van der Waals surface area contributed by atoms with Crippen molar-refractivity contribution in [2.24, 2.45) is 0 Å². The lowest BCUT2D eigenvalue weighted by Gasteiger charge is -2.38. The largest absolute Gasteiger partial charge is 0.436 e.